The molecule has 0 aliphatic heterocycles. The van der Waals surface area contributed by atoms with Crippen LogP contribution < -0.4 is 10.5 Å². The highest BCUT2D eigenvalue weighted by atomic mass is 16.5. The van der Waals surface area contributed by atoms with Crippen LogP contribution >= 0.6 is 0 Å². The van der Waals surface area contributed by atoms with Crippen molar-refractivity contribution in [1.29, 1.82) is 0 Å². The van der Waals surface area contributed by atoms with Gasteiger partial charge >= 0.3 is 0 Å². The lowest BCUT2D eigenvalue weighted by molar-refractivity contribution is 0.238. The highest BCUT2D eigenvalue weighted by Crippen LogP contribution is 2.24. The number of nitrogens with zero attached hydrogens (tertiary/aromatic N) is 1. The molecule has 2 atom stereocenters. The summed E-state index contributed by atoms with van der Waals surface area (Å²) in [5.74, 6) is 0.974. The van der Waals surface area contributed by atoms with E-state index in [1.807, 2.05) is 19.9 Å². The number of benzene rings is 1. The molecule has 0 saturated heterocycles. The largest absolute Gasteiger partial charge is 0.494 e. The van der Waals surface area contributed by atoms with Gasteiger partial charge in [-0.1, -0.05) is 13.0 Å². The van der Waals surface area contributed by atoms with Crippen molar-refractivity contribution in [2.24, 2.45) is 5.73 Å². The molecule has 19 heavy (non-hydrogen) atoms. The summed E-state index contributed by atoms with van der Waals surface area (Å²) < 4.78 is 5.72. The third-order valence-corrected chi connectivity index (χ3v) is 3.67. The minimum absolute atomic E-state index is 0.0586. The van der Waals surface area contributed by atoms with Crippen LogP contribution in [0, 0.1) is 0 Å². The first-order valence-electron chi connectivity index (χ1n) is 7.21. The molecule has 0 heterocycles. The van der Waals surface area contributed by atoms with Gasteiger partial charge in [0.25, 0.3) is 0 Å². The van der Waals surface area contributed by atoms with E-state index in [0.29, 0.717) is 12.6 Å². The number of hydrogen-bond donors (Lipinski definition) is 1. The minimum Gasteiger partial charge on any atom is -0.494 e. The second kappa shape index (κ2) is 7.51. The first-order valence-corrected chi connectivity index (χ1v) is 7.21. The molecule has 3 heteroatoms. The average Bonchev–Trinajstić information content (AvgIpc) is 2.39. The van der Waals surface area contributed by atoms with Gasteiger partial charge in [-0.25, -0.2) is 0 Å². The van der Waals surface area contributed by atoms with Crippen LogP contribution in [0.4, 0.5) is 0 Å². The van der Waals surface area contributed by atoms with Crippen LogP contribution in [-0.4, -0.2) is 24.6 Å². The normalized spacial score (nSPS) is 14.5. The summed E-state index contributed by atoms with van der Waals surface area (Å²) in [5, 5.41) is 0. The smallest absolute Gasteiger partial charge is 0.123 e. The zero-order valence-electron chi connectivity index (χ0n) is 12.9. The van der Waals surface area contributed by atoms with Crippen molar-refractivity contribution >= 4 is 0 Å². The molecule has 2 unspecified atom stereocenters. The van der Waals surface area contributed by atoms with E-state index in [-0.39, 0.29) is 6.04 Å². The first kappa shape index (κ1) is 16.0. The number of nitrogens with two attached hydrogens (primary N) is 1. The summed E-state index contributed by atoms with van der Waals surface area (Å²) in [4.78, 5) is 2.35. The molecule has 108 valence electrons. The molecule has 0 bridgehead atoms. The molecular weight excluding hydrogens is 236 g/mol. The van der Waals surface area contributed by atoms with Gasteiger partial charge in [-0.3, -0.25) is 4.90 Å². The number of ether oxygens (including phenoxy) is 1. The monoisotopic (exact) mass is 264 g/mol. The van der Waals surface area contributed by atoms with Crippen molar-refractivity contribution in [2.75, 3.05) is 13.7 Å². The standard InChI is InChI=1S/C16H28N2O/c1-6-12(3)18(5)11-15-10-14(13(4)17)8-9-16(15)19-7-2/h8-10,12-13H,6-7,11,17H2,1-5H3. The molecule has 0 saturated carbocycles. The van der Waals surface area contributed by atoms with Crippen molar-refractivity contribution in [3.63, 3.8) is 0 Å². The van der Waals surface area contributed by atoms with Crippen LogP contribution in [0.3, 0.4) is 0 Å². The maximum atomic E-state index is 5.97. The van der Waals surface area contributed by atoms with Gasteiger partial charge in [-0.05, 0) is 51.9 Å². The Labute approximate surface area is 117 Å². The third-order valence-electron chi connectivity index (χ3n) is 3.67. The van der Waals surface area contributed by atoms with Gasteiger partial charge in [0.15, 0.2) is 0 Å². The van der Waals surface area contributed by atoms with Crippen molar-refractivity contribution in [3.8, 4) is 5.75 Å². The quantitative estimate of drug-likeness (QED) is 0.821. The van der Waals surface area contributed by atoms with Crippen molar-refractivity contribution in [1.82, 2.24) is 4.90 Å². The Bertz CT molecular complexity index is 390. The van der Waals surface area contributed by atoms with E-state index >= 15 is 0 Å². The summed E-state index contributed by atoms with van der Waals surface area (Å²) in [6.45, 7) is 10.1. The van der Waals surface area contributed by atoms with Crippen LogP contribution in [0.1, 0.15) is 51.3 Å². The molecule has 1 rings (SSSR count). The second-order valence-electron chi connectivity index (χ2n) is 5.26. The molecule has 0 radical (unpaired) electrons. The van der Waals surface area contributed by atoms with E-state index < -0.39 is 0 Å². The molecule has 2 N–H and O–H groups in total. The predicted molar refractivity (Wildman–Crippen MR) is 81.4 cm³/mol. The van der Waals surface area contributed by atoms with Gasteiger partial charge in [0.05, 0.1) is 6.61 Å². The molecule has 0 aliphatic rings. The molecular formula is C16H28N2O. The lowest BCUT2D eigenvalue weighted by Crippen LogP contribution is -2.28. The zero-order chi connectivity index (χ0) is 14.4. The highest BCUT2D eigenvalue weighted by Gasteiger charge is 2.12. The second-order valence-corrected chi connectivity index (χ2v) is 5.26. The van der Waals surface area contributed by atoms with Crippen LogP contribution in [0.2, 0.25) is 0 Å². The van der Waals surface area contributed by atoms with E-state index in [1.165, 1.54) is 5.56 Å². The zero-order valence-corrected chi connectivity index (χ0v) is 12.9. The Morgan fingerprint density at radius 2 is 1.95 bits per heavy atom. The Morgan fingerprint density at radius 3 is 2.47 bits per heavy atom. The number of hydrogen-bond acceptors (Lipinski definition) is 3. The van der Waals surface area contributed by atoms with E-state index in [0.717, 1.165) is 24.3 Å². The Kier molecular flexibility index (Phi) is 6.32. The maximum absolute atomic E-state index is 5.97. The van der Waals surface area contributed by atoms with Crippen molar-refractivity contribution in [2.45, 2.75) is 52.7 Å². The summed E-state index contributed by atoms with van der Waals surface area (Å²) in [6, 6.07) is 6.90. The van der Waals surface area contributed by atoms with Gasteiger partial charge in [-0.15, -0.1) is 0 Å². The Morgan fingerprint density at radius 1 is 1.26 bits per heavy atom. The summed E-state index contributed by atoms with van der Waals surface area (Å²) in [5.41, 5.74) is 8.35. The highest BCUT2D eigenvalue weighted by molar-refractivity contribution is 5.38. The third kappa shape index (κ3) is 4.51. The van der Waals surface area contributed by atoms with Crippen LogP contribution in [0.5, 0.6) is 5.75 Å². The van der Waals surface area contributed by atoms with Crippen LogP contribution in [-0.2, 0) is 6.54 Å². The number of rotatable bonds is 7. The molecule has 0 fully saturated rings. The Hall–Kier alpha value is -1.06. The molecule has 0 aliphatic carbocycles. The van der Waals surface area contributed by atoms with Crippen LogP contribution in [0.15, 0.2) is 18.2 Å². The van der Waals surface area contributed by atoms with Gasteiger partial charge in [-0.2, -0.15) is 0 Å². The molecule has 1 aromatic carbocycles. The SMILES string of the molecule is CCOc1ccc(C(C)N)cc1CN(C)C(C)CC. The fourth-order valence-electron chi connectivity index (χ4n) is 2.04. The first-order chi connectivity index (χ1) is 8.99. The molecule has 0 amide bonds. The molecule has 0 spiro atoms. The Balaban J connectivity index is 2.96. The average molecular weight is 264 g/mol. The van der Waals surface area contributed by atoms with Gasteiger partial charge in [0, 0.05) is 24.2 Å². The van der Waals surface area contributed by atoms with E-state index in [9.17, 15) is 0 Å². The van der Waals surface area contributed by atoms with Gasteiger partial charge in [0.1, 0.15) is 5.75 Å². The lowest BCUT2D eigenvalue weighted by Gasteiger charge is -2.25. The molecule has 1 aromatic rings. The minimum atomic E-state index is 0.0586. The van der Waals surface area contributed by atoms with E-state index in [2.05, 4.69) is 37.9 Å². The summed E-state index contributed by atoms with van der Waals surface area (Å²) in [7, 11) is 2.16. The molecule has 3 nitrogen and oxygen atoms in total. The fourth-order valence-corrected chi connectivity index (χ4v) is 2.04. The fraction of sp³-hybridized carbons (Fsp3) is 0.625. The van der Waals surface area contributed by atoms with Crippen molar-refractivity contribution in [3.05, 3.63) is 29.3 Å². The topological polar surface area (TPSA) is 38.5 Å². The predicted octanol–water partition coefficient (Wildman–Crippen LogP) is 3.34. The van der Waals surface area contributed by atoms with Crippen LogP contribution in [0.25, 0.3) is 0 Å². The van der Waals surface area contributed by atoms with Gasteiger partial charge < -0.3 is 10.5 Å². The van der Waals surface area contributed by atoms with Crippen molar-refractivity contribution < 1.29 is 4.74 Å². The lowest BCUT2D eigenvalue weighted by atomic mass is 10.0. The maximum Gasteiger partial charge on any atom is 0.123 e. The van der Waals surface area contributed by atoms with E-state index in [4.69, 9.17) is 10.5 Å². The van der Waals surface area contributed by atoms with E-state index in [1.54, 1.807) is 0 Å². The summed E-state index contributed by atoms with van der Waals surface area (Å²) >= 11 is 0. The summed E-state index contributed by atoms with van der Waals surface area (Å²) in [6.07, 6.45) is 1.15. The molecule has 0 aromatic heterocycles. The van der Waals surface area contributed by atoms with Gasteiger partial charge in [0.2, 0.25) is 0 Å².